The van der Waals surface area contributed by atoms with Crippen LogP contribution in [0.25, 0.3) is 0 Å². The van der Waals surface area contributed by atoms with Crippen LogP contribution in [-0.2, 0) is 19.2 Å². The van der Waals surface area contributed by atoms with Gasteiger partial charge < -0.3 is 15.4 Å². The van der Waals surface area contributed by atoms with Gasteiger partial charge in [0.1, 0.15) is 11.6 Å². The normalized spacial score (nSPS) is 19.3. The van der Waals surface area contributed by atoms with Crippen LogP contribution in [0.4, 0.5) is 4.79 Å². The van der Waals surface area contributed by atoms with Gasteiger partial charge in [-0.25, -0.2) is 9.86 Å². The topological polar surface area (TPSA) is 97.0 Å². The van der Waals surface area contributed by atoms with Crippen molar-refractivity contribution >= 4 is 17.9 Å². The first-order valence-electron chi connectivity index (χ1n) is 7.23. The van der Waals surface area contributed by atoms with Gasteiger partial charge in [0.2, 0.25) is 5.91 Å². The van der Waals surface area contributed by atoms with Crippen LogP contribution < -0.4 is 10.6 Å². The van der Waals surface area contributed by atoms with Crippen molar-refractivity contribution in [3.05, 3.63) is 0 Å². The van der Waals surface area contributed by atoms with Crippen LogP contribution in [0.3, 0.4) is 0 Å². The monoisotopic (exact) mass is 315 g/mol. The summed E-state index contributed by atoms with van der Waals surface area (Å²) in [6, 6.07) is -0.881. The second kappa shape index (κ2) is 7.44. The van der Waals surface area contributed by atoms with E-state index >= 15 is 0 Å². The van der Waals surface area contributed by atoms with E-state index in [1.165, 1.54) is 14.2 Å². The Bertz CT molecular complexity index is 433. The number of carbonyl (C=O) groups is 3. The summed E-state index contributed by atoms with van der Waals surface area (Å²) >= 11 is 0. The molecule has 0 aliphatic carbocycles. The number of ether oxygens (including phenoxy) is 1. The van der Waals surface area contributed by atoms with Gasteiger partial charge >= 0.3 is 6.09 Å². The van der Waals surface area contributed by atoms with Crippen molar-refractivity contribution in [3.8, 4) is 0 Å². The third-order valence-electron chi connectivity index (χ3n) is 3.26. The number of amides is 3. The molecule has 0 unspecified atom stereocenters. The highest BCUT2D eigenvalue weighted by molar-refractivity contribution is 5.87. The Hall–Kier alpha value is -1.83. The van der Waals surface area contributed by atoms with Crippen molar-refractivity contribution < 1.29 is 24.0 Å². The van der Waals surface area contributed by atoms with Crippen LogP contribution in [-0.4, -0.2) is 55.3 Å². The average Bonchev–Trinajstić information content (AvgIpc) is 2.79. The Kier molecular flexibility index (Phi) is 6.16. The molecule has 126 valence electrons. The van der Waals surface area contributed by atoms with Crippen LogP contribution >= 0.6 is 0 Å². The molecule has 8 nitrogen and oxygen atoms in total. The number of nitrogens with one attached hydrogen (secondary N) is 2. The van der Waals surface area contributed by atoms with E-state index < -0.39 is 23.6 Å². The zero-order chi connectivity index (χ0) is 16.9. The summed E-state index contributed by atoms with van der Waals surface area (Å²) < 4.78 is 5.16. The molecule has 0 bridgehead atoms. The molecule has 0 radical (unpaired) electrons. The van der Waals surface area contributed by atoms with Crippen molar-refractivity contribution in [2.24, 2.45) is 5.92 Å². The Morgan fingerprint density at radius 1 is 1.45 bits per heavy atom. The number of alkyl carbamates (subject to hydrolysis) is 1. The lowest BCUT2D eigenvalue weighted by Crippen LogP contribution is -2.49. The molecule has 1 aliphatic heterocycles. The maximum absolute atomic E-state index is 12.3. The molecular formula is C14H25N3O5. The standard InChI is InChI=1S/C14H25N3O5/c1-14(2,3)22-13(20)16-10(12(19)17(4)21-5)8-9-6-7-15-11(9)18/h9-10H,6-8H2,1-5H3,(H,15,18)(H,16,20)/t9-,10-/m0/s1. The molecule has 1 aliphatic rings. The van der Waals surface area contributed by atoms with Gasteiger partial charge in [-0.1, -0.05) is 0 Å². The van der Waals surface area contributed by atoms with E-state index in [-0.39, 0.29) is 18.2 Å². The van der Waals surface area contributed by atoms with Gasteiger partial charge in [0.15, 0.2) is 0 Å². The van der Waals surface area contributed by atoms with Crippen molar-refractivity contribution in [1.82, 2.24) is 15.7 Å². The maximum Gasteiger partial charge on any atom is 0.408 e. The van der Waals surface area contributed by atoms with Crippen LogP contribution in [0.1, 0.15) is 33.6 Å². The van der Waals surface area contributed by atoms with Crippen LogP contribution in [0.15, 0.2) is 0 Å². The molecule has 1 fully saturated rings. The lowest BCUT2D eigenvalue weighted by Gasteiger charge is -2.26. The van der Waals surface area contributed by atoms with E-state index in [2.05, 4.69) is 10.6 Å². The zero-order valence-electron chi connectivity index (χ0n) is 13.8. The summed E-state index contributed by atoms with van der Waals surface area (Å²) in [4.78, 5) is 40.7. The Morgan fingerprint density at radius 3 is 2.55 bits per heavy atom. The van der Waals surface area contributed by atoms with Gasteiger partial charge in [0.25, 0.3) is 5.91 Å². The fourth-order valence-corrected chi connectivity index (χ4v) is 2.14. The maximum atomic E-state index is 12.3. The summed E-state index contributed by atoms with van der Waals surface area (Å²) in [5, 5.41) is 6.26. The fraction of sp³-hybridized carbons (Fsp3) is 0.786. The minimum Gasteiger partial charge on any atom is -0.444 e. The molecule has 3 amide bonds. The summed E-state index contributed by atoms with van der Waals surface area (Å²) in [7, 11) is 2.80. The predicted octanol–water partition coefficient (Wildman–Crippen LogP) is 0.426. The summed E-state index contributed by atoms with van der Waals surface area (Å²) in [6.45, 7) is 5.77. The van der Waals surface area contributed by atoms with E-state index in [9.17, 15) is 14.4 Å². The molecule has 22 heavy (non-hydrogen) atoms. The first kappa shape index (κ1) is 18.2. The van der Waals surface area contributed by atoms with Gasteiger partial charge in [0, 0.05) is 19.5 Å². The fourth-order valence-electron chi connectivity index (χ4n) is 2.14. The Balaban J connectivity index is 2.75. The predicted molar refractivity (Wildman–Crippen MR) is 78.7 cm³/mol. The van der Waals surface area contributed by atoms with Gasteiger partial charge in [0.05, 0.1) is 7.11 Å². The van der Waals surface area contributed by atoms with E-state index in [1.807, 2.05) is 0 Å². The highest BCUT2D eigenvalue weighted by Crippen LogP contribution is 2.18. The van der Waals surface area contributed by atoms with Crippen molar-refractivity contribution in [2.75, 3.05) is 20.7 Å². The van der Waals surface area contributed by atoms with E-state index in [4.69, 9.17) is 9.57 Å². The molecule has 1 heterocycles. The Morgan fingerprint density at radius 2 is 2.09 bits per heavy atom. The molecule has 2 atom stereocenters. The molecule has 0 spiro atoms. The SMILES string of the molecule is CON(C)C(=O)[C@H](C[C@@H]1CCNC1=O)NC(=O)OC(C)(C)C. The van der Waals surface area contributed by atoms with E-state index in [0.29, 0.717) is 13.0 Å². The molecular weight excluding hydrogens is 290 g/mol. The second-order valence-corrected chi connectivity index (χ2v) is 6.23. The molecule has 0 aromatic carbocycles. The molecule has 8 heteroatoms. The number of rotatable bonds is 5. The van der Waals surface area contributed by atoms with E-state index in [1.54, 1.807) is 20.8 Å². The second-order valence-electron chi connectivity index (χ2n) is 6.23. The minimum absolute atomic E-state index is 0.108. The first-order valence-corrected chi connectivity index (χ1v) is 7.23. The summed E-state index contributed by atoms with van der Waals surface area (Å²) in [5.74, 6) is -0.855. The molecule has 2 N–H and O–H groups in total. The minimum atomic E-state index is -0.881. The highest BCUT2D eigenvalue weighted by atomic mass is 16.7. The van der Waals surface area contributed by atoms with Gasteiger partial charge in [-0.3, -0.25) is 14.4 Å². The zero-order valence-corrected chi connectivity index (χ0v) is 13.8. The number of hydroxylamine groups is 2. The molecule has 1 saturated heterocycles. The largest absolute Gasteiger partial charge is 0.444 e. The van der Waals surface area contributed by atoms with Crippen LogP contribution in [0.5, 0.6) is 0 Å². The van der Waals surface area contributed by atoms with Crippen LogP contribution in [0, 0.1) is 5.92 Å². The molecule has 0 aromatic heterocycles. The van der Waals surface area contributed by atoms with Gasteiger partial charge in [-0.05, 0) is 33.6 Å². The van der Waals surface area contributed by atoms with E-state index in [0.717, 1.165) is 5.06 Å². The number of hydrogen-bond acceptors (Lipinski definition) is 5. The van der Waals surface area contributed by atoms with Crippen molar-refractivity contribution in [1.29, 1.82) is 0 Å². The smallest absolute Gasteiger partial charge is 0.408 e. The highest BCUT2D eigenvalue weighted by Gasteiger charge is 2.33. The van der Waals surface area contributed by atoms with Gasteiger partial charge in [-0.15, -0.1) is 0 Å². The number of nitrogens with zero attached hydrogens (tertiary/aromatic N) is 1. The molecule has 0 saturated carbocycles. The quantitative estimate of drug-likeness (QED) is 0.717. The van der Waals surface area contributed by atoms with Crippen molar-refractivity contribution in [3.63, 3.8) is 0 Å². The summed E-state index contributed by atoms with van der Waals surface area (Å²) in [6.07, 6.45) is 0.140. The number of carbonyl (C=O) groups excluding carboxylic acids is 3. The van der Waals surface area contributed by atoms with Gasteiger partial charge in [-0.2, -0.15) is 0 Å². The third-order valence-corrected chi connectivity index (χ3v) is 3.26. The van der Waals surface area contributed by atoms with Crippen molar-refractivity contribution in [2.45, 2.75) is 45.3 Å². The molecule has 1 rings (SSSR count). The summed E-state index contributed by atoms with van der Waals surface area (Å²) in [5.41, 5.74) is -0.671. The van der Waals surface area contributed by atoms with Crippen LogP contribution in [0.2, 0.25) is 0 Å². The lowest BCUT2D eigenvalue weighted by atomic mass is 9.98. The molecule has 0 aromatic rings. The third kappa shape index (κ3) is 5.51. The lowest BCUT2D eigenvalue weighted by molar-refractivity contribution is -0.171. The average molecular weight is 315 g/mol. The number of likely N-dealkylation sites (N-methyl/N-ethyl adjacent to an activating group) is 1. The first-order chi connectivity index (χ1) is 10.1. The number of hydrogen-bond donors (Lipinski definition) is 2. The Labute approximate surface area is 130 Å².